The molecule has 0 aliphatic rings. The lowest BCUT2D eigenvalue weighted by molar-refractivity contribution is -0.115. The first-order valence-electron chi connectivity index (χ1n) is 9.55. The number of hydrogen-bond donors (Lipinski definition) is 0. The zero-order valence-electron chi connectivity index (χ0n) is 17.0. The number of rotatable bonds is 7. The van der Waals surface area contributed by atoms with Gasteiger partial charge in [-0.05, 0) is 43.1 Å². The Morgan fingerprint density at radius 2 is 1.71 bits per heavy atom. The monoisotopic (exact) mass is 393 g/mol. The van der Waals surface area contributed by atoms with Gasteiger partial charge >= 0.3 is 0 Å². The molecule has 0 aliphatic carbocycles. The van der Waals surface area contributed by atoms with E-state index < -0.39 is 0 Å². The number of benzene rings is 2. The molecule has 1 aromatic heterocycles. The Balaban J connectivity index is 1.78. The third-order valence-corrected chi connectivity index (χ3v) is 5.67. The van der Waals surface area contributed by atoms with Crippen LogP contribution < -0.4 is 4.90 Å². The summed E-state index contributed by atoms with van der Waals surface area (Å²) >= 11 is 1.52. The number of anilines is 2. The summed E-state index contributed by atoms with van der Waals surface area (Å²) in [5.41, 5.74) is 5.67. The number of para-hydroxylation sites is 1. The molecule has 3 rings (SSSR count). The van der Waals surface area contributed by atoms with Crippen molar-refractivity contribution in [2.24, 2.45) is 0 Å². The average molecular weight is 394 g/mol. The van der Waals surface area contributed by atoms with Gasteiger partial charge in [-0.1, -0.05) is 49.4 Å². The van der Waals surface area contributed by atoms with Crippen molar-refractivity contribution in [2.45, 2.75) is 40.3 Å². The number of aromatic nitrogens is 1. The number of nitrogens with zero attached hydrogens (tertiary/aromatic N) is 3. The zero-order chi connectivity index (χ0) is 20.1. The summed E-state index contributed by atoms with van der Waals surface area (Å²) in [7, 11) is 2.10. The van der Waals surface area contributed by atoms with Crippen LogP contribution in [0.1, 0.15) is 36.2 Å². The summed E-state index contributed by atoms with van der Waals surface area (Å²) in [5.74, 6) is -0.0185. The van der Waals surface area contributed by atoms with Crippen LogP contribution in [0, 0.1) is 6.92 Å². The first-order chi connectivity index (χ1) is 13.5. The number of aryl methyl sites for hydroxylation is 2. The van der Waals surface area contributed by atoms with Gasteiger partial charge in [0.05, 0.1) is 11.4 Å². The van der Waals surface area contributed by atoms with Gasteiger partial charge in [0.2, 0.25) is 5.91 Å². The second-order valence-corrected chi connectivity index (χ2v) is 7.89. The van der Waals surface area contributed by atoms with Crippen molar-refractivity contribution >= 4 is 28.1 Å². The minimum absolute atomic E-state index is 0.0185. The second kappa shape index (κ2) is 9.13. The molecule has 5 heteroatoms. The van der Waals surface area contributed by atoms with Crippen molar-refractivity contribution in [3.05, 3.63) is 76.3 Å². The van der Waals surface area contributed by atoms with Crippen molar-refractivity contribution in [3.8, 4) is 0 Å². The van der Waals surface area contributed by atoms with E-state index in [2.05, 4.69) is 56.1 Å². The minimum atomic E-state index is -0.0185. The Kier molecular flexibility index (Phi) is 6.60. The van der Waals surface area contributed by atoms with Crippen LogP contribution in [0.4, 0.5) is 10.8 Å². The Morgan fingerprint density at radius 1 is 1.04 bits per heavy atom. The zero-order valence-corrected chi connectivity index (χ0v) is 17.8. The first-order valence-corrected chi connectivity index (χ1v) is 10.4. The molecule has 0 bridgehead atoms. The van der Waals surface area contributed by atoms with E-state index >= 15 is 0 Å². The largest absolute Gasteiger partial charge is 0.296 e. The lowest BCUT2D eigenvalue weighted by Gasteiger charge is -2.21. The van der Waals surface area contributed by atoms with Crippen LogP contribution in [-0.4, -0.2) is 22.8 Å². The van der Waals surface area contributed by atoms with E-state index in [0.29, 0.717) is 0 Å². The smallest absolute Gasteiger partial charge is 0.230 e. The van der Waals surface area contributed by atoms with Gasteiger partial charge in [0.1, 0.15) is 0 Å². The highest BCUT2D eigenvalue weighted by atomic mass is 32.1. The van der Waals surface area contributed by atoms with Gasteiger partial charge in [-0.3, -0.25) is 14.6 Å². The number of amides is 1. The Morgan fingerprint density at radius 3 is 2.39 bits per heavy atom. The molecule has 0 spiro atoms. The van der Waals surface area contributed by atoms with Crippen LogP contribution in [-0.2, 0) is 24.3 Å². The molecule has 146 valence electrons. The highest BCUT2D eigenvalue weighted by Crippen LogP contribution is 2.32. The maximum atomic E-state index is 12.4. The molecule has 1 heterocycles. The Hall–Kier alpha value is -2.50. The minimum Gasteiger partial charge on any atom is -0.296 e. The molecular formula is C23H27N3OS. The molecule has 3 aromatic rings. The molecule has 0 radical (unpaired) electrons. The number of carbonyl (C=O) groups excluding carboxylic acids is 1. The van der Waals surface area contributed by atoms with Crippen molar-refractivity contribution in [1.29, 1.82) is 0 Å². The molecule has 28 heavy (non-hydrogen) atoms. The summed E-state index contributed by atoms with van der Waals surface area (Å²) in [6.45, 7) is 7.45. The number of thiazole rings is 1. The van der Waals surface area contributed by atoms with Gasteiger partial charge in [-0.15, -0.1) is 11.3 Å². The molecule has 4 nitrogen and oxygen atoms in total. The molecule has 0 N–H and O–H groups in total. The topological polar surface area (TPSA) is 36.4 Å². The van der Waals surface area contributed by atoms with E-state index in [0.717, 1.165) is 41.6 Å². The highest BCUT2D eigenvalue weighted by Gasteiger charge is 2.20. The van der Waals surface area contributed by atoms with Crippen LogP contribution in [0.2, 0.25) is 0 Å². The average Bonchev–Trinajstić information content (AvgIpc) is 3.11. The van der Waals surface area contributed by atoms with Crippen molar-refractivity contribution < 1.29 is 4.79 Å². The summed E-state index contributed by atoms with van der Waals surface area (Å²) < 4.78 is 0. The summed E-state index contributed by atoms with van der Waals surface area (Å²) in [6.07, 6.45) is 0.872. The molecule has 0 atom stereocenters. The van der Waals surface area contributed by atoms with E-state index in [1.165, 1.54) is 22.5 Å². The number of carbonyl (C=O) groups is 1. The third kappa shape index (κ3) is 4.66. The summed E-state index contributed by atoms with van der Waals surface area (Å²) in [5, 5.41) is 2.78. The van der Waals surface area contributed by atoms with Crippen molar-refractivity contribution in [3.63, 3.8) is 0 Å². The first kappa shape index (κ1) is 20.2. The summed E-state index contributed by atoms with van der Waals surface area (Å²) in [4.78, 5) is 21.2. The van der Waals surface area contributed by atoms with Gasteiger partial charge in [-0.25, -0.2) is 4.98 Å². The fraction of sp³-hybridized carbons (Fsp3) is 0.304. The molecule has 0 saturated carbocycles. The Bertz CT molecular complexity index is 950. The molecule has 0 fully saturated rings. The SMILES string of the molecule is CCc1ccccc1N(C(C)=O)c1nc(CN(C)Cc2ccccc2C)cs1. The van der Waals surface area contributed by atoms with Crippen LogP contribution >= 0.6 is 11.3 Å². The predicted octanol–water partition coefficient (Wildman–Crippen LogP) is 5.33. The normalized spacial score (nSPS) is 11.0. The fourth-order valence-electron chi connectivity index (χ4n) is 3.32. The summed E-state index contributed by atoms with van der Waals surface area (Å²) in [6, 6.07) is 16.5. The maximum Gasteiger partial charge on any atom is 0.230 e. The van der Waals surface area contributed by atoms with E-state index in [-0.39, 0.29) is 5.91 Å². The van der Waals surface area contributed by atoms with E-state index in [1.807, 2.05) is 23.6 Å². The highest BCUT2D eigenvalue weighted by molar-refractivity contribution is 7.14. The fourth-order valence-corrected chi connectivity index (χ4v) is 4.19. The van der Waals surface area contributed by atoms with Crippen LogP contribution in [0.3, 0.4) is 0 Å². The standard InChI is InChI=1S/C23H27N3OS/c1-5-19-11-8-9-13-22(19)26(18(3)27)23-24-21(16-28-23)15-25(4)14-20-12-7-6-10-17(20)2/h6-13,16H,5,14-15H2,1-4H3. The lowest BCUT2D eigenvalue weighted by Crippen LogP contribution is -2.24. The van der Waals surface area contributed by atoms with E-state index in [1.54, 1.807) is 11.8 Å². The molecule has 0 aliphatic heterocycles. The number of hydrogen-bond acceptors (Lipinski definition) is 4. The van der Waals surface area contributed by atoms with Gasteiger partial charge in [0.25, 0.3) is 0 Å². The van der Waals surface area contributed by atoms with Crippen molar-refractivity contribution in [1.82, 2.24) is 9.88 Å². The van der Waals surface area contributed by atoms with Crippen LogP contribution in [0.25, 0.3) is 0 Å². The van der Waals surface area contributed by atoms with E-state index in [9.17, 15) is 4.79 Å². The second-order valence-electron chi connectivity index (χ2n) is 7.06. The quantitative estimate of drug-likeness (QED) is 0.544. The van der Waals surface area contributed by atoms with Crippen LogP contribution in [0.5, 0.6) is 0 Å². The molecule has 1 amide bonds. The molecule has 0 unspecified atom stereocenters. The maximum absolute atomic E-state index is 12.4. The van der Waals surface area contributed by atoms with Gasteiger partial charge in [0.15, 0.2) is 5.13 Å². The van der Waals surface area contributed by atoms with Crippen LogP contribution in [0.15, 0.2) is 53.9 Å². The molecular weight excluding hydrogens is 366 g/mol. The van der Waals surface area contributed by atoms with Gasteiger partial charge < -0.3 is 0 Å². The lowest BCUT2D eigenvalue weighted by atomic mass is 10.1. The molecule has 2 aromatic carbocycles. The predicted molar refractivity (Wildman–Crippen MR) is 117 cm³/mol. The van der Waals surface area contributed by atoms with E-state index in [4.69, 9.17) is 4.98 Å². The Labute approximate surface area is 171 Å². The van der Waals surface area contributed by atoms with Gasteiger partial charge in [-0.2, -0.15) is 0 Å². The van der Waals surface area contributed by atoms with Gasteiger partial charge in [0, 0.05) is 25.4 Å². The van der Waals surface area contributed by atoms with Crippen molar-refractivity contribution in [2.75, 3.05) is 11.9 Å². The molecule has 0 saturated heterocycles. The third-order valence-electron chi connectivity index (χ3n) is 4.79.